The van der Waals surface area contributed by atoms with Crippen LogP contribution in [0.3, 0.4) is 0 Å². The van der Waals surface area contributed by atoms with Crippen LogP contribution < -0.4 is 14.4 Å². The van der Waals surface area contributed by atoms with E-state index in [1.807, 2.05) is 24.3 Å². The molecule has 0 N–H and O–H groups in total. The normalized spacial score (nSPS) is 18.8. The Bertz CT molecular complexity index is 1220. The number of aromatic nitrogens is 2. The second kappa shape index (κ2) is 8.41. The van der Waals surface area contributed by atoms with E-state index in [2.05, 4.69) is 56.2 Å². The molecule has 2 aromatic heterocycles. The van der Waals surface area contributed by atoms with E-state index in [1.54, 1.807) is 17.7 Å². The molecule has 0 spiro atoms. The van der Waals surface area contributed by atoms with Gasteiger partial charge in [-0.15, -0.1) is 11.3 Å². The number of rotatable bonds is 4. The Hall–Kier alpha value is -3.16. The first-order valence-corrected chi connectivity index (χ1v) is 11.8. The zero-order valence-electron chi connectivity index (χ0n) is 17.7. The Kier molecular flexibility index (Phi) is 5.13. The molecule has 0 aliphatic carbocycles. The van der Waals surface area contributed by atoms with Crippen LogP contribution in [0.5, 0.6) is 11.5 Å². The minimum absolute atomic E-state index is 0.125. The molecule has 4 aromatic rings. The second-order valence-electron chi connectivity index (χ2n) is 8.18. The number of thiophene rings is 1. The third-order valence-corrected chi connectivity index (χ3v) is 7.21. The van der Waals surface area contributed by atoms with E-state index in [0.29, 0.717) is 6.61 Å². The van der Waals surface area contributed by atoms with Crippen LogP contribution in [0.25, 0.3) is 10.2 Å². The van der Waals surface area contributed by atoms with Crippen molar-refractivity contribution in [2.24, 2.45) is 0 Å². The maximum atomic E-state index is 6.22. The lowest BCUT2D eigenvalue weighted by Gasteiger charge is -2.35. The molecule has 7 heteroatoms. The van der Waals surface area contributed by atoms with Gasteiger partial charge in [-0.2, -0.15) is 0 Å². The Balaban J connectivity index is 1.19. The van der Waals surface area contributed by atoms with Gasteiger partial charge in [-0.3, -0.25) is 4.90 Å². The molecule has 1 atom stereocenters. The number of benzene rings is 2. The summed E-state index contributed by atoms with van der Waals surface area (Å²) in [6, 6.07) is 20.7. The van der Waals surface area contributed by atoms with Gasteiger partial charge in [-0.1, -0.05) is 42.5 Å². The van der Waals surface area contributed by atoms with Crippen LogP contribution in [0.15, 0.2) is 67.0 Å². The Morgan fingerprint density at radius 2 is 1.69 bits per heavy atom. The van der Waals surface area contributed by atoms with E-state index >= 15 is 0 Å². The summed E-state index contributed by atoms with van der Waals surface area (Å²) >= 11 is 1.67. The van der Waals surface area contributed by atoms with E-state index in [1.165, 1.54) is 5.56 Å². The molecular formula is C25H24N4O2S. The van der Waals surface area contributed by atoms with Gasteiger partial charge in [0.25, 0.3) is 0 Å². The molecular weight excluding hydrogens is 420 g/mol. The van der Waals surface area contributed by atoms with Crippen molar-refractivity contribution in [3.05, 3.63) is 77.4 Å². The lowest BCUT2D eigenvalue weighted by molar-refractivity contribution is 0.0938. The minimum atomic E-state index is -0.125. The van der Waals surface area contributed by atoms with Gasteiger partial charge in [0.2, 0.25) is 0 Å². The first kappa shape index (κ1) is 19.5. The maximum Gasteiger partial charge on any atom is 0.167 e. The van der Waals surface area contributed by atoms with Crippen LogP contribution in [-0.4, -0.2) is 47.7 Å². The molecule has 0 unspecified atom stereocenters. The van der Waals surface area contributed by atoms with Gasteiger partial charge in [0.15, 0.2) is 17.6 Å². The van der Waals surface area contributed by atoms with Gasteiger partial charge < -0.3 is 14.4 Å². The summed E-state index contributed by atoms with van der Waals surface area (Å²) in [5.41, 5.74) is 1.36. The number of para-hydroxylation sites is 2. The van der Waals surface area contributed by atoms with Gasteiger partial charge in [0.05, 0.1) is 10.3 Å². The van der Waals surface area contributed by atoms with Crippen molar-refractivity contribution in [3.8, 4) is 11.5 Å². The predicted octanol–water partition coefficient (Wildman–Crippen LogP) is 4.53. The molecule has 0 saturated carbocycles. The van der Waals surface area contributed by atoms with E-state index in [4.69, 9.17) is 9.47 Å². The molecule has 0 amide bonds. The number of hydrogen-bond acceptors (Lipinski definition) is 7. The average molecular weight is 445 g/mol. The monoisotopic (exact) mass is 444 g/mol. The highest BCUT2D eigenvalue weighted by atomic mass is 32.1. The quantitative estimate of drug-likeness (QED) is 0.461. The zero-order chi connectivity index (χ0) is 21.3. The molecule has 2 aliphatic heterocycles. The van der Waals surface area contributed by atoms with E-state index in [9.17, 15) is 0 Å². The Morgan fingerprint density at radius 1 is 0.906 bits per heavy atom. The minimum Gasteiger partial charge on any atom is -0.485 e. The van der Waals surface area contributed by atoms with Crippen LogP contribution in [-0.2, 0) is 6.54 Å². The number of piperazine rings is 1. The maximum absolute atomic E-state index is 6.22. The Labute approximate surface area is 191 Å². The first-order chi connectivity index (χ1) is 15.8. The molecule has 1 fully saturated rings. The summed E-state index contributed by atoms with van der Waals surface area (Å²) < 4.78 is 12.1. The summed E-state index contributed by atoms with van der Waals surface area (Å²) in [6.07, 6.45) is 1.56. The van der Waals surface area contributed by atoms with Crippen molar-refractivity contribution < 1.29 is 9.47 Å². The van der Waals surface area contributed by atoms with Crippen molar-refractivity contribution in [1.82, 2.24) is 14.9 Å². The lowest BCUT2D eigenvalue weighted by atomic mass is 10.2. The van der Waals surface area contributed by atoms with E-state index < -0.39 is 0 Å². The first-order valence-electron chi connectivity index (χ1n) is 11.0. The molecule has 2 aliphatic rings. The average Bonchev–Trinajstić information content (AvgIpc) is 3.30. The van der Waals surface area contributed by atoms with E-state index in [0.717, 1.165) is 65.1 Å². The van der Waals surface area contributed by atoms with Gasteiger partial charge in [-0.25, -0.2) is 9.97 Å². The molecule has 2 aromatic carbocycles. The molecule has 6 rings (SSSR count). The van der Waals surface area contributed by atoms with Crippen LogP contribution in [0.1, 0.15) is 16.5 Å². The van der Waals surface area contributed by atoms with Crippen LogP contribution in [0.2, 0.25) is 0 Å². The fraction of sp³-hybridized carbons (Fsp3) is 0.280. The van der Waals surface area contributed by atoms with Crippen molar-refractivity contribution >= 4 is 27.4 Å². The van der Waals surface area contributed by atoms with Gasteiger partial charge >= 0.3 is 0 Å². The second-order valence-corrected chi connectivity index (χ2v) is 9.24. The highest BCUT2D eigenvalue weighted by Crippen LogP contribution is 2.40. The van der Waals surface area contributed by atoms with Gasteiger partial charge in [0.1, 0.15) is 23.6 Å². The molecule has 32 heavy (non-hydrogen) atoms. The fourth-order valence-corrected chi connectivity index (χ4v) is 5.40. The summed E-state index contributed by atoms with van der Waals surface area (Å²) in [5.74, 6) is 2.62. The van der Waals surface area contributed by atoms with Crippen LogP contribution in [0.4, 0.5) is 5.82 Å². The predicted molar refractivity (Wildman–Crippen MR) is 127 cm³/mol. The number of ether oxygens (including phenoxy) is 2. The number of hydrogen-bond donors (Lipinski definition) is 0. The summed E-state index contributed by atoms with van der Waals surface area (Å²) in [4.78, 5) is 16.2. The molecule has 0 bridgehead atoms. The van der Waals surface area contributed by atoms with Crippen molar-refractivity contribution in [2.45, 2.75) is 12.6 Å². The van der Waals surface area contributed by atoms with Crippen molar-refractivity contribution in [1.29, 1.82) is 0 Å². The van der Waals surface area contributed by atoms with E-state index in [-0.39, 0.29) is 6.10 Å². The molecule has 6 nitrogen and oxygen atoms in total. The van der Waals surface area contributed by atoms with Gasteiger partial charge in [-0.05, 0) is 23.8 Å². The molecule has 4 heterocycles. The third kappa shape index (κ3) is 3.78. The smallest absolute Gasteiger partial charge is 0.167 e. The number of fused-ring (bicyclic) bond motifs is 2. The van der Waals surface area contributed by atoms with Crippen LogP contribution in [0, 0.1) is 0 Å². The van der Waals surface area contributed by atoms with Crippen molar-refractivity contribution in [2.75, 3.05) is 37.7 Å². The number of nitrogens with zero attached hydrogens (tertiary/aromatic N) is 4. The topological polar surface area (TPSA) is 50.7 Å². The highest BCUT2D eigenvalue weighted by Gasteiger charge is 2.26. The summed E-state index contributed by atoms with van der Waals surface area (Å²) in [7, 11) is 0. The summed E-state index contributed by atoms with van der Waals surface area (Å²) in [5, 5.41) is 1.10. The standard InChI is InChI=1S/C25H24N4O2S/c1-2-6-18(7-3-1)15-28-10-12-29(13-11-28)24-19-14-23(32-25(19)27-17-26-24)22-16-30-20-8-4-5-9-21(20)31-22/h1-9,14,17,22H,10-13,15-16H2/t22-/m0/s1. The lowest BCUT2D eigenvalue weighted by Crippen LogP contribution is -2.46. The van der Waals surface area contributed by atoms with Crippen LogP contribution >= 0.6 is 11.3 Å². The highest BCUT2D eigenvalue weighted by molar-refractivity contribution is 7.18. The summed E-state index contributed by atoms with van der Waals surface area (Å²) in [6.45, 7) is 5.46. The fourth-order valence-electron chi connectivity index (χ4n) is 4.39. The van der Waals surface area contributed by atoms with Crippen molar-refractivity contribution in [3.63, 3.8) is 0 Å². The Morgan fingerprint density at radius 3 is 2.53 bits per heavy atom. The molecule has 1 saturated heterocycles. The number of anilines is 1. The SMILES string of the molecule is c1ccc(CN2CCN(c3ncnc4sc([C@@H]5COc6ccccc6O5)cc34)CC2)cc1. The van der Waals surface area contributed by atoms with Gasteiger partial charge in [0, 0.05) is 32.7 Å². The largest absolute Gasteiger partial charge is 0.485 e. The third-order valence-electron chi connectivity index (χ3n) is 6.07. The molecule has 162 valence electrons. The molecule has 0 radical (unpaired) electrons. The zero-order valence-corrected chi connectivity index (χ0v) is 18.5.